The molecule has 0 radical (unpaired) electrons. The first-order valence-corrected chi connectivity index (χ1v) is 7.19. The number of benzene rings is 1. The minimum Gasteiger partial charge on any atom is -0.497 e. The van der Waals surface area contributed by atoms with Crippen LogP contribution in [0.2, 0.25) is 0 Å². The van der Waals surface area contributed by atoms with Crippen molar-refractivity contribution in [2.75, 3.05) is 26.7 Å². The van der Waals surface area contributed by atoms with Crippen molar-refractivity contribution in [2.24, 2.45) is 11.7 Å². The van der Waals surface area contributed by atoms with Crippen LogP contribution in [0.25, 0.3) is 0 Å². The zero-order chi connectivity index (χ0) is 15.0. The molecular formula is C16H27N3O. The number of methoxy groups -OCH3 is 1. The molecule has 0 atom stereocenters. The van der Waals surface area contributed by atoms with Crippen molar-refractivity contribution in [2.45, 2.75) is 26.7 Å². The first-order valence-electron chi connectivity index (χ1n) is 7.19. The Labute approximate surface area is 122 Å². The second-order valence-electron chi connectivity index (χ2n) is 5.57. The van der Waals surface area contributed by atoms with Gasteiger partial charge in [0.25, 0.3) is 0 Å². The Balaban J connectivity index is 2.48. The fourth-order valence-corrected chi connectivity index (χ4v) is 2.17. The summed E-state index contributed by atoms with van der Waals surface area (Å²) in [6.45, 7) is 7.34. The second-order valence-corrected chi connectivity index (χ2v) is 5.57. The highest BCUT2D eigenvalue weighted by molar-refractivity contribution is 5.76. The van der Waals surface area contributed by atoms with Crippen LogP contribution >= 0.6 is 0 Å². The number of nitrogens with one attached hydrogen (secondary N) is 1. The predicted octanol–water partition coefficient (Wildman–Crippen LogP) is 2.52. The summed E-state index contributed by atoms with van der Waals surface area (Å²) in [6.07, 6.45) is 1.66. The summed E-state index contributed by atoms with van der Waals surface area (Å²) in [5.41, 5.74) is 6.76. The molecule has 1 aromatic carbocycles. The normalized spacial score (nSPS) is 11.1. The maximum absolute atomic E-state index is 7.35. The molecule has 0 amide bonds. The van der Waals surface area contributed by atoms with Crippen molar-refractivity contribution in [1.82, 2.24) is 4.90 Å². The Hall–Kier alpha value is -1.55. The molecule has 4 nitrogen and oxygen atoms in total. The average molecular weight is 277 g/mol. The lowest BCUT2D eigenvalue weighted by molar-refractivity contribution is 0.253. The highest BCUT2D eigenvalue weighted by atomic mass is 16.5. The Morgan fingerprint density at radius 2 is 1.90 bits per heavy atom. The van der Waals surface area contributed by atoms with Crippen molar-refractivity contribution in [3.63, 3.8) is 0 Å². The van der Waals surface area contributed by atoms with Crippen LogP contribution in [0.5, 0.6) is 5.75 Å². The van der Waals surface area contributed by atoms with Crippen LogP contribution in [0.1, 0.15) is 25.8 Å². The van der Waals surface area contributed by atoms with Crippen molar-refractivity contribution in [3.05, 3.63) is 29.8 Å². The fraction of sp³-hybridized carbons (Fsp3) is 0.562. The highest BCUT2D eigenvalue weighted by Gasteiger charge is 2.08. The third-order valence-corrected chi connectivity index (χ3v) is 3.20. The standard InChI is InChI=1S/C16H27N3O/c1-13(2)12-19(11-9-16(17)18)10-8-14-4-6-15(20-3)7-5-14/h4-7,13H,8-12H2,1-3H3,(H3,17,18). The molecule has 20 heavy (non-hydrogen) atoms. The van der Waals surface area contributed by atoms with Gasteiger partial charge in [-0.2, -0.15) is 0 Å². The second kappa shape index (κ2) is 8.59. The molecule has 0 aliphatic heterocycles. The van der Waals surface area contributed by atoms with E-state index in [4.69, 9.17) is 15.9 Å². The van der Waals surface area contributed by atoms with Crippen LogP contribution in [0.3, 0.4) is 0 Å². The molecule has 0 aliphatic carbocycles. The van der Waals surface area contributed by atoms with Crippen molar-refractivity contribution >= 4 is 5.84 Å². The molecule has 0 bridgehead atoms. The van der Waals surface area contributed by atoms with Crippen molar-refractivity contribution in [1.29, 1.82) is 5.41 Å². The largest absolute Gasteiger partial charge is 0.497 e. The van der Waals surface area contributed by atoms with E-state index >= 15 is 0 Å². The molecule has 3 N–H and O–H groups in total. The molecular weight excluding hydrogens is 250 g/mol. The predicted molar refractivity (Wildman–Crippen MR) is 84.5 cm³/mol. The SMILES string of the molecule is COc1ccc(CCN(CCC(=N)N)CC(C)C)cc1. The summed E-state index contributed by atoms with van der Waals surface area (Å²) in [4.78, 5) is 2.39. The molecule has 1 rings (SSSR count). The molecule has 0 saturated heterocycles. The maximum Gasteiger partial charge on any atom is 0.118 e. The van der Waals surface area contributed by atoms with Gasteiger partial charge in [-0.1, -0.05) is 26.0 Å². The van der Waals surface area contributed by atoms with Crippen LogP contribution in [0.15, 0.2) is 24.3 Å². The zero-order valence-electron chi connectivity index (χ0n) is 12.9. The molecule has 1 aromatic rings. The minimum atomic E-state index is 0.267. The van der Waals surface area contributed by atoms with Gasteiger partial charge in [0, 0.05) is 26.1 Å². The zero-order valence-corrected chi connectivity index (χ0v) is 12.9. The molecule has 4 heteroatoms. The Morgan fingerprint density at radius 3 is 2.40 bits per heavy atom. The first-order chi connectivity index (χ1) is 9.51. The van der Waals surface area contributed by atoms with Crippen LogP contribution in [-0.4, -0.2) is 37.5 Å². The third kappa shape index (κ3) is 6.57. The lowest BCUT2D eigenvalue weighted by Crippen LogP contribution is -2.33. The number of hydrogen-bond acceptors (Lipinski definition) is 3. The third-order valence-electron chi connectivity index (χ3n) is 3.20. The number of rotatable bonds is 9. The quantitative estimate of drug-likeness (QED) is 0.538. The van der Waals surface area contributed by atoms with Gasteiger partial charge in [-0.05, 0) is 30.0 Å². The average Bonchev–Trinajstić information content (AvgIpc) is 2.42. The monoisotopic (exact) mass is 277 g/mol. The molecule has 0 fully saturated rings. The van der Waals surface area contributed by atoms with E-state index in [1.807, 2.05) is 12.1 Å². The van der Waals surface area contributed by atoms with E-state index in [1.54, 1.807) is 7.11 Å². The lowest BCUT2D eigenvalue weighted by atomic mass is 10.1. The van der Waals surface area contributed by atoms with Crippen LogP contribution < -0.4 is 10.5 Å². The van der Waals surface area contributed by atoms with Gasteiger partial charge >= 0.3 is 0 Å². The molecule has 0 spiro atoms. The van der Waals surface area contributed by atoms with Crippen molar-refractivity contribution in [3.8, 4) is 5.75 Å². The van der Waals surface area contributed by atoms with E-state index < -0.39 is 0 Å². The molecule has 0 aliphatic rings. The van der Waals surface area contributed by atoms with Crippen LogP contribution in [0, 0.1) is 11.3 Å². The molecule has 0 aromatic heterocycles. The Morgan fingerprint density at radius 1 is 1.25 bits per heavy atom. The first kappa shape index (κ1) is 16.5. The number of nitrogens with zero attached hydrogens (tertiary/aromatic N) is 1. The Bertz CT molecular complexity index is 401. The van der Waals surface area contributed by atoms with Gasteiger partial charge in [-0.15, -0.1) is 0 Å². The minimum absolute atomic E-state index is 0.267. The molecule has 112 valence electrons. The van der Waals surface area contributed by atoms with Gasteiger partial charge in [-0.3, -0.25) is 5.41 Å². The summed E-state index contributed by atoms with van der Waals surface area (Å²) in [5.74, 6) is 1.78. The van der Waals surface area contributed by atoms with Gasteiger partial charge in [0.1, 0.15) is 5.75 Å². The van der Waals surface area contributed by atoms with Gasteiger partial charge in [0.05, 0.1) is 12.9 Å². The van der Waals surface area contributed by atoms with E-state index in [-0.39, 0.29) is 5.84 Å². The summed E-state index contributed by atoms with van der Waals surface area (Å²) >= 11 is 0. The summed E-state index contributed by atoms with van der Waals surface area (Å²) < 4.78 is 5.16. The fourth-order valence-electron chi connectivity index (χ4n) is 2.17. The number of amidine groups is 1. The summed E-state index contributed by atoms with van der Waals surface area (Å²) in [5, 5.41) is 7.35. The number of hydrogen-bond donors (Lipinski definition) is 2. The van der Waals surface area contributed by atoms with E-state index in [9.17, 15) is 0 Å². The lowest BCUT2D eigenvalue weighted by Gasteiger charge is -2.24. The number of ether oxygens (including phenoxy) is 1. The maximum atomic E-state index is 7.35. The van der Waals surface area contributed by atoms with Gasteiger partial charge < -0.3 is 15.4 Å². The highest BCUT2D eigenvalue weighted by Crippen LogP contribution is 2.12. The molecule has 0 heterocycles. The van der Waals surface area contributed by atoms with Crippen LogP contribution in [-0.2, 0) is 6.42 Å². The van der Waals surface area contributed by atoms with Crippen LogP contribution in [0.4, 0.5) is 0 Å². The van der Waals surface area contributed by atoms with Gasteiger partial charge in [0.15, 0.2) is 0 Å². The van der Waals surface area contributed by atoms with Gasteiger partial charge in [0.2, 0.25) is 0 Å². The Kier molecular flexibility index (Phi) is 7.09. The summed E-state index contributed by atoms with van der Waals surface area (Å²) in [6, 6.07) is 8.21. The van der Waals surface area contributed by atoms with Crippen molar-refractivity contribution < 1.29 is 4.74 Å². The molecule has 0 saturated carbocycles. The van der Waals surface area contributed by atoms with E-state index in [0.29, 0.717) is 12.3 Å². The topological polar surface area (TPSA) is 62.3 Å². The smallest absolute Gasteiger partial charge is 0.118 e. The van der Waals surface area contributed by atoms with E-state index in [0.717, 1.165) is 31.8 Å². The summed E-state index contributed by atoms with van der Waals surface area (Å²) in [7, 11) is 1.68. The molecule has 0 unspecified atom stereocenters. The number of nitrogens with two attached hydrogens (primary N) is 1. The van der Waals surface area contributed by atoms with Gasteiger partial charge in [-0.25, -0.2) is 0 Å². The van der Waals surface area contributed by atoms with E-state index in [1.165, 1.54) is 5.56 Å². The van der Waals surface area contributed by atoms with E-state index in [2.05, 4.69) is 30.9 Å².